The highest BCUT2D eigenvalue weighted by molar-refractivity contribution is 5.77. The van der Waals surface area contributed by atoms with Gasteiger partial charge in [0.2, 0.25) is 11.8 Å². The second kappa shape index (κ2) is 6.00. The Morgan fingerprint density at radius 3 is 1.71 bits per heavy atom. The molecule has 2 fully saturated rings. The van der Waals surface area contributed by atoms with Crippen LogP contribution in [0.4, 0.5) is 0 Å². The number of carbonyl (C=O) groups is 2. The number of ether oxygens (including phenoxy) is 1. The van der Waals surface area contributed by atoms with Crippen LogP contribution in [0.2, 0.25) is 0 Å². The number of rotatable bonds is 4. The normalized spacial score (nSPS) is 22.1. The average molecular weight is 240 g/mol. The third-order valence-corrected chi connectivity index (χ3v) is 3.34. The summed E-state index contributed by atoms with van der Waals surface area (Å²) in [7, 11) is 0. The molecule has 5 nitrogen and oxygen atoms in total. The smallest absolute Gasteiger partial charge is 0.224 e. The van der Waals surface area contributed by atoms with Gasteiger partial charge in [0.25, 0.3) is 0 Å². The minimum Gasteiger partial charge on any atom is -0.341 e. The zero-order valence-corrected chi connectivity index (χ0v) is 10.2. The van der Waals surface area contributed by atoms with Gasteiger partial charge in [0.15, 0.2) is 0 Å². The van der Waals surface area contributed by atoms with E-state index in [4.69, 9.17) is 4.74 Å². The van der Waals surface area contributed by atoms with Gasteiger partial charge in [-0.2, -0.15) is 0 Å². The second-order valence-electron chi connectivity index (χ2n) is 4.69. The Morgan fingerprint density at radius 2 is 1.29 bits per heavy atom. The van der Waals surface area contributed by atoms with Gasteiger partial charge < -0.3 is 14.5 Å². The van der Waals surface area contributed by atoms with Crippen molar-refractivity contribution in [2.24, 2.45) is 0 Å². The summed E-state index contributed by atoms with van der Waals surface area (Å²) in [6.07, 6.45) is 5.34. The zero-order chi connectivity index (χ0) is 12.1. The fraction of sp³-hybridized carbons (Fsp3) is 0.833. The maximum Gasteiger partial charge on any atom is 0.224 e. The summed E-state index contributed by atoms with van der Waals surface area (Å²) in [4.78, 5) is 26.5. The van der Waals surface area contributed by atoms with Crippen molar-refractivity contribution < 1.29 is 14.3 Å². The summed E-state index contributed by atoms with van der Waals surface area (Å²) < 4.78 is 5.46. The lowest BCUT2D eigenvalue weighted by atomic mass is 10.1. The lowest BCUT2D eigenvalue weighted by molar-refractivity contribution is -0.147. The molecule has 0 aromatic rings. The van der Waals surface area contributed by atoms with Gasteiger partial charge in [0.1, 0.15) is 13.5 Å². The van der Waals surface area contributed by atoms with E-state index in [1.165, 1.54) is 0 Å². The van der Waals surface area contributed by atoms with E-state index in [0.717, 1.165) is 38.8 Å². The van der Waals surface area contributed by atoms with E-state index in [1.54, 1.807) is 9.80 Å². The molecule has 0 N–H and O–H groups in total. The number of nitrogens with zero attached hydrogens (tertiary/aromatic N) is 2. The highest BCUT2D eigenvalue weighted by atomic mass is 16.5. The number of hydrogen-bond donors (Lipinski definition) is 0. The van der Waals surface area contributed by atoms with Crippen molar-refractivity contribution in [3.8, 4) is 0 Å². The molecule has 5 heteroatoms. The number of piperidine rings is 2. The van der Waals surface area contributed by atoms with Crippen molar-refractivity contribution in [3.05, 3.63) is 0 Å². The van der Waals surface area contributed by atoms with Crippen LogP contribution in [-0.2, 0) is 14.3 Å². The molecule has 2 saturated heterocycles. The maximum atomic E-state index is 11.5. The van der Waals surface area contributed by atoms with E-state index in [1.807, 2.05) is 0 Å². The van der Waals surface area contributed by atoms with Crippen molar-refractivity contribution in [2.45, 2.75) is 38.5 Å². The maximum absolute atomic E-state index is 11.5. The van der Waals surface area contributed by atoms with Crippen LogP contribution in [0, 0.1) is 0 Å². The predicted molar refractivity (Wildman–Crippen MR) is 61.9 cm³/mol. The lowest BCUT2D eigenvalue weighted by Gasteiger charge is -2.30. The highest BCUT2D eigenvalue weighted by Crippen LogP contribution is 2.12. The summed E-state index contributed by atoms with van der Waals surface area (Å²) in [6.45, 7) is 2.21. The van der Waals surface area contributed by atoms with Gasteiger partial charge in [-0.25, -0.2) is 0 Å². The first kappa shape index (κ1) is 12.4. The minimum atomic E-state index is 0.168. The van der Waals surface area contributed by atoms with E-state index in [9.17, 15) is 9.59 Å². The van der Waals surface area contributed by atoms with Crippen LogP contribution >= 0.6 is 0 Å². The molecule has 96 valence electrons. The van der Waals surface area contributed by atoms with E-state index < -0.39 is 0 Å². The van der Waals surface area contributed by atoms with Crippen molar-refractivity contribution in [2.75, 3.05) is 26.6 Å². The van der Waals surface area contributed by atoms with Gasteiger partial charge in [-0.1, -0.05) is 0 Å². The van der Waals surface area contributed by atoms with Crippen LogP contribution in [0.25, 0.3) is 0 Å². The molecule has 17 heavy (non-hydrogen) atoms. The topological polar surface area (TPSA) is 49.9 Å². The third-order valence-electron chi connectivity index (χ3n) is 3.34. The Balaban J connectivity index is 1.67. The fourth-order valence-corrected chi connectivity index (χ4v) is 2.26. The van der Waals surface area contributed by atoms with Crippen molar-refractivity contribution in [1.82, 2.24) is 9.80 Å². The summed E-state index contributed by atoms with van der Waals surface area (Å²) in [5.74, 6) is 0.336. The molecule has 0 saturated carbocycles. The Bertz CT molecular complexity index is 265. The van der Waals surface area contributed by atoms with Crippen molar-refractivity contribution in [3.63, 3.8) is 0 Å². The SMILES string of the molecule is O=C1CCCCN1COCN1CCCCC1=O. The number of amides is 2. The van der Waals surface area contributed by atoms with Gasteiger partial charge in [0, 0.05) is 25.9 Å². The Kier molecular flexibility index (Phi) is 4.36. The van der Waals surface area contributed by atoms with E-state index in [0.29, 0.717) is 26.3 Å². The van der Waals surface area contributed by atoms with Gasteiger partial charge in [-0.15, -0.1) is 0 Å². The number of likely N-dealkylation sites (tertiary alicyclic amines) is 2. The Morgan fingerprint density at radius 1 is 0.824 bits per heavy atom. The van der Waals surface area contributed by atoms with Gasteiger partial charge in [0.05, 0.1) is 0 Å². The van der Waals surface area contributed by atoms with Crippen LogP contribution in [0.5, 0.6) is 0 Å². The van der Waals surface area contributed by atoms with E-state index >= 15 is 0 Å². The van der Waals surface area contributed by atoms with Crippen molar-refractivity contribution >= 4 is 11.8 Å². The molecule has 2 amide bonds. The molecule has 0 aromatic carbocycles. The third kappa shape index (κ3) is 3.43. The van der Waals surface area contributed by atoms with Gasteiger partial charge >= 0.3 is 0 Å². The van der Waals surface area contributed by atoms with Crippen LogP contribution < -0.4 is 0 Å². The molecule has 0 atom stereocenters. The zero-order valence-electron chi connectivity index (χ0n) is 10.2. The molecule has 0 unspecified atom stereocenters. The molecule has 2 aliphatic rings. The highest BCUT2D eigenvalue weighted by Gasteiger charge is 2.20. The first-order valence-corrected chi connectivity index (χ1v) is 6.40. The van der Waals surface area contributed by atoms with Crippen LogP contribution in [0.3, 0.4) is 0 Å². The van der Waals surface area contributed by atoms with E-state index in [2.05, 4.69) is 0 Å². The molecule has 2 heterocycles. The molecule has 0 aromatic heterocycles. The molecule has 2 rings (SSSR count). The Labute approximate surface area is 102 Å². The second-order valence-corrected chi connectivity index (χ2v) is 4.69. The first-order valence-electron chi connectivity index (χ1n) is 6.40. The summed E-state index contributed by atoms with van der Waals surface area (Å²) in [6, 6.07) is 0. The monoisotopic (exact) mass is 240 g/mol. The minimum absolute atomic E-state index is 0.168. The molecule has 0 aliphatic carbocycles. The summed E-state index contributed by atoms with van der Waals surface area (Å²) in [5.41, 5.74) is 0. The molecular weight excluding hydrogens is 220 g/mol. The molecule has 2 aliphatic heterocycles. The molecule has 0 radical (unpaired) electrons. The van der Waals surface area contributed by atoms with Gasteiger partial charge in [-0.3, -0.25) is 9.59 Å². The summed E-state index contributed by atoms with van der Waals surface area (Å²) in [5, 5.41) is 0. The van der Waals surface area contributed by atoms with E-state index in [-0.39, 0.29) is 11.8 Å². The first-order chi connectivity index (χ1) is 8.27. The standard InChI is InChI=1S/C12H20N2O3/c15-11-5-1-3-7-13(11)9-17-10-14-8-4-2-6-12(14)16/h1-10H2. The van der Waals surface area contributed by atoms with Crippen LogP contribution in [-0.4, -0.2) is 48.2 Å². The van der Waals surface area contributed by atoms with Crippen LogP contribution in [0.1, 0.15) is 38.5 Å². The quantitative estimate of drug-likeness (QED) is 0.735. The predicted octanol–water partition coefficient (Wildman–Crippen LogP) is 0.943. The number of carbonyl (C=O) groups excluding carboxylic acids is 2. The number of hydrogen-bond acceptors (Lipinski definition) is 3. The largest absolute Gasteiger partial charge is 0.341 e. The molecular formula is C12H20N2O3. The molecule has 0 bridgehead atoms. The summed E-state index contributed by atoms with van der Waals surface area (Å²) >= 11 is 0. The lowest BCUT2D eigenvalue weighted by Crippen LogP contribution is -2.41. The van der Waals surface area contributed by atoms with Crippen LogP contribution in [0.15, 0.2) is 0 Å². The Hall–Kier alpha value is -1.10. The van der Waals surface area contributed by atoms with Crippen molar-refractivity contribution in [1.29, 1.82) is 0 Å². The van der Waals surface area contributed by atoms with Gasteiger partial charge in [-0.05, 0) is 25.7 Å². The molecule has 0 spiro atoms. The fourth-order valence-electron chi connectivity index (χ4n) is 2.26. The average Bonchev–Trinajstić information content (AvgIpc) is 2.34.